The molecule has 4 nitrogen and oxygen atoms in total. The summed E-state index contributed by atoms with van der Waals surface area (Å²) in [6, 6.07) is 15.4. The molecule has 2 aromatic carbocycles. The van der Waals surface area contributed by atoms with Gasteiger partial charge in [0.2, 0.25) is 0 Å². The third-order valence-corrected chi connectivity index (χ3v) is 4.22. The van der Waals surface area contributed by atoms with E-state index in [0.29, 0.717) is 17.1 Å². The lowest BCUT2D eigenvalue weighted by atomic mass is 9.84. The van der Waals surface area contributed by atoms with E-state index in [4.69, 9.17) is 9.15 Å². The van der Waals surface area contributed by atoms with Gasteiger partial charge in [-0.2, -0.15) is 0 Å². The first kappa shape index (κ1) is 13.8. The number of ether oxygens (including phenoxy) is 1. The number of carbonyl (C=O) groups excluding carboxylic acids is 1. The molecule has 0 radical (unpaired) electrons. The van der Waals surface area contributed by atoms with Gasteiger partial charge < -0.3 is 9.15 Å². The number of carbonyl (C=O) groups is 1. The van der Waals surface area contributed by atoms with E-state index in [2.05, 4.69) is 0 Å². The van der Waals surface area contributed by atoms with Gasteiger partial charge in [0.25, 0.3) is 0 Å². The summed E-state index contributed by atoms with van der Waals surface area (Å²) in [6.07, 6.45) is 0.134. The number of hydrogen-bond acceptors (Lipinski definition) is 4. The maximum atomic E-state index is 12.4. The highest BCUT2D eigenvalue weighted by Gasteiger charge is 2.33. The maximum Gasteiger partial charge on any atom is 0.343 e. The molecule has 0 bridgehead atoms. The SMILES string of the molecule is Cc1cc2c(c(=O)o1)[C@@H](c1cccc3ccccc13)CC(=O)O2. The molecule has 0 fully saturated rings. The zero-order chi connectivity index (χ0) is 16.0. The molecular weight excluding hydrogens is 292 g/mol. The van der Waals surface area contributed by atoms with Crippen molar-refractivity contribution < 1.29 is 13.9 Å². The standard InChI is InChI=1S/C19H14O4/c1-11-9-16-18(19(21)22-11)15(10-17(20)23-16)14-8-4-6-12-5-2-3-7-13(12)14/h2-9,15H,10H2,1H3/t15-/m1/s1. The molecule has 1 aliphatic heterocycles. The zero-order valence-corrected chi connectivity index (χ0v) is 12.5. The summed E-state index contributed by atoms with van der Waals surface area (Å²) in [4.78, 5) is 24.4. The van der Waals surface area contributed by atoms with Crippen molar-refractivity contribution in [3.05, 3.63) is 75.8 Å². The third-order valence-electron chi connectivity index (χ3n) is 4.22. The van der Waals surface area contributed by atoms with Gasteiger partial charge in [-0.15, -0.1) is 0 Å². The van der Waals surface area contributed by atoms with Gasteiger partial charge in [0.1, 0.15) is 11.5 Å². The maximum absolute atomic E-state index is 12.4. The highest BCUT2D eigenvalue weighted by molar-refractivity contribution is 5.88. The number of rotatable bonds is 1. The van der Waals surface area contributed by atoms with Gasteiger partial charge in [-0.3, -0.25) is 4.79 Å². The van der Waals surface area contributed by atoms with E-state index in [1.807, 2.05) is 42.5 Å². The second-order valence-corrected chi connectivity index (χ2v) is 5.72. The van der Waals surface area contributed by atoms with E-state index >= 15 is 0 Å². The van der Waals surface area contributed by atoms with E-state index < -0.39 is 5.63 Å². The summed E-state index contributed by atoms with van der Waals surface area (Å²) < 4.78 is 10.5. The third kappa shape index (κ3) is 2.23. The molecular formula is C19H14O4. The first-order valence-electron chi connectivity index (χ1n) is 7.46. The molecule has 0 saturated carbocycles. The number of hydrogen-bond donors (Lipinski definition) is 0. The minimum absolute atomic E-state index is 0.134. The van der Waals surface area contributed by atoms with Crippen molar-refractivity contribution in [3.63, 3.8) is 0 Å². The van der Waals surface area contributed by atoms with Crippen LogP contribution in [0.25, 0.3) is 10.8 Å². The van der Waals surface area contributed by atoms with Crippen molar-refractivity contribution in [2.45, 2.75) is 19.3 Å². The van der Waals surface area contributed by atoms with Crippen molar-refractivity contribution in [1.29, 1.82) is 0 Å². The van der Waals surface area contributed by atoms with Gasteiger partial charge in [-0.1, -0.05) is 42.5 Å². The van der Waals surface area contributed by atoms with E-state index in [0.717, 1.165) is 16.3 Å². The van der Waals surface area contributed by atoms with Gasteiger partial charge in [0, 0.05) is 12.0 Å². The van der Waals surface area contributed by atoms with Crippen molar-refractivity contribution in [3.8, 4) is 5.75 Å². The Labute approximate surface area is 132 Å². The van der Waals surface area contributed by atoms with Crippen molar-refractivity contribution in [2.24, 2.45) is 0 Å². The van der Waals surface area contributed by atoms with E-state index in [-0.39, 0.29) is 18.3 Å². The van der Waals surface area contributed by atoms with Gasteiger partial charge in [0.05, 0.1) is 12.0 Å². The lowest BCUT2D eigenvalue weighted by molar-refractivity contribution is -0.135. The molecule has 0 unspecified atom stereocenters. The smallest absolute Gasteiger partial charge is 0.343 e. The minimum atomic E-state index is -0.439. The molecule has 1 aliphatic rings. The highest BCUT2D eigenvalue weighted by atomic mass is 16.5. The summed E-state index contributed by atoms with van der Waals surface area (Å²) in [6.45, 7) is 1.66. The fourth-order valence-corrected chi connectivity index (χ4v) is 3.24. The predicted octanol–water partition coefficient (Wildman–Crippen LogP) is 3.54. The summed E-state index contributed by atoms with van der Waals surface area (Å²) in [5.74, 6) is 0.0580. The van der Waals surface area contributed by atoms with Gasteiger partial charge in [0.15, 0.2) is 0 Å². The molecule has 0 aliphatic carbocycles. The van der Waals surface area contributed by atoms with E-state index in [1.165, 1.54) is 0 Å². The van der Waals surface area contributed by atoms with Crippen molar-refractivity contribution >= 4 is 16.7 Å². The van der Waals surface area contributed by atoms with Crippen LogP contribution in [-0.4, -0.2) is 5.97 Å². The Bertz CT molecular complexity index is 979. The van der Waals surface area contributed by atoms with Crippen molar-refractivity contribution in [1.82, 2.24) is 0 Å². The quantitative estimate of drug-likeness (QED) is 0.645. The fraction of sp³-hybridized carbons (Fsp3) is 0.158. The van der Waals surface area contributed by atoms with Crippen LogP contribution in [-0.2, 0) is 4.79 Å². The molecule has 0 spiro atoms. The van der Waals surface area contributed by atoms with Gasteiger partial charge >= 0.3 is 11.6 Å². The normalized spacial score (nSPS) is 16.9. The van der Waals surface area contributed by atoms with Gasteiger partial charge in [-0.05, 0) is 23.3 Å². The summed E-state index contributed by atoms with van der Waals surface area (Å²) in [5.41, 5.74) is 0.925. The first-order valence-corrected chi connectivity index (χ1v) is 7.46. The number of esters is 1. The van der Waals surface area contributed by atoms with Crippen LogP contribution in [0.4, 0.5) is 0 Å². The second-order valence-electron chi connectivity index (χ2n) is 5.72. The monoisotopic (exact) mass is 306 g/mol. The van der Waals surface area contributed by atoms with Crippen LogP contribution in [0, 0.1) is 6.92 Å². The number of benzene rings is 2. The molecule has 114 valence electrons. The van der Waals surface area contributed by atoms with Crippen LogP contribution >= 0.6 is 0 Å². The Morgan fingerprint density at radius 2 is 1.83 bits per heavy atom. The molecule has 23 heavy (non-hydrogen) atoms. The molecule has 1 aromatic heterocycles. The van der Waals surface area contributed by atoms with Crippen molar-refractivity contribution in [2.75, 3.05) is 0 Å². The minimum Gasteiger partial charge on any atom is -0.428 e. The lowest BCUT2D eigenvalue weighted by Gasteiger charge is -2.24. The van der Waals surface area contributed by atoms with Crippen LogP contribution in [0.5, 0.6) is 5.75 Å². The van der Waals surface area contributed by atoms with E-state index in [9.17, 15) is 9.59 Å². The molecule has 4 heteroatoms. The number of aryl methyl sites for hydroxylation is 1. The summed E-state index contributed by atoms with van der Waals surface area (Å²) in [7, 11) is 0. The first-order chi connectivity index (χ1) is 11.1. The Morgan fingerprint density at radius 1 is 1.04 bits per heavy atom. The molecule has 0 saturated heterocycles. The van der Waals surface area contributed by atoms with Gasteiger partial charge in [-0.25, -0.2) is 4.79 Å². The lowest BCUT2D eigenvalue weighted by Crippen LogP contribution is -2.26. The van der Waals surface area contributed by atoms with Crippen LogP contribution in [0.1, 0.15) is 29.2 Å². The molecule has 4 rings (SSSR count). The molecule has 1 atom stereocenters. The highest BCUT2D eigenvalue weighted by Crippen LogP contribution is 2.39. The topological polar surface area (TPSA) is 56.5 Å². The fourth-order valence-electron chi connectivity index (χ4n) is 3.24. The molecule has 0 amide bonds. The zero-order valence-electron chi connectivity index (χ0n) is 12.5. The van der Waals surface area contributed by atoms with Crippen LogP contribution in [0.15, 0.2) is 57.7 Å². The largest absolute Gasteiger partial charge is 0.428 e. The summed E-state index contributed by atoms with van der Waals surface area (Å²) >= 11 is 0. The predicted molar refractivity (Wildman–Crippen MR) is 85.8 cm³/mol. The van der Waals surface area contributed by atoms with Crippen LogP contribution in [0.3, 0.4) is 0 Å². The average Bonchev–Trinajstić information content (AvgIpc) is 2.52. The second kappa shape index (κ2) is 5.09. The number of fused-ring (bicyclic) bond motifs is 2. The Balaban J connectivity index is 2.00. The molecule has 2 heterocycles. The Kier molecular flexibility index (Phi) is 3.05. The van der Waals surface area contributed by atoms with Crippen LogP contribution in [0.2, 0.25) is 0 Å². The van der Waals surface area contributed by atoms with E-state index in [1.54, 1.807) is 13.0 Å². The molecule has 3 aromatic rings. The average molecular weight is 306 g/mol. The Morgan fingerprint density at radius 3 is 2.70 bits per heavy atom. The summed E-state index contributed by atoms with van der Waals surface area (Å²) in [5, 5.41) is 2.10. The molecule has 0 N–H and O–H groups in total. The van der Waals surface area contributed by atoms with Crippen LogP contribution < -0.4 is 10.4 Å². The Hall–Kier alpha value is -2.88.